The first-order valence-corrected chi connectivity index (χ1v) is 15.3. The molecule has 0 radical (unpaired) electrons. The van der Waals surface area contributed by atoms with Crippen molar-refractivity contribution < 1.29 is 24.3 Å². The van der Waals surface area contributed by atoms with E-state index in [1.807, 2.05) is 0 Å². The van der Waals surface area contributed by atoms with Crippen LogP contribution in [0.1, 0.15) is 17.9 Å². The molecule has 19 heteroatoms. The Morgan fingerprint density at radius 1 is 1.33 bits per heavy atom. The Kier molecular flexibility index (Phi) is 8.83. The lowest BCUT2D eigenvalue weighted by Gasteiger charge is -2.55. The number of piperazine rings is 1. The molecule has 3 aliphatic rings. The van der Waals surface area contributed by atoms with Gasteiger partial charge in [-0.3, -0.25) is 14.5 Å². The van der Waals surface area contributed by atoms with Gasteiger partial charge in [0.25, 0.3) is 11.8 Å². The highest BCUT2D eigenvalue weighted by Crippen LogP contribution is 2.47. The molecule has 224 valence electrons. The van der Waals surface area contributed by atoms with Crippen LogP contribution in [-0.4, -0.2) is 137 Å². The topological polar surface area (TPSA) is 197 Å². The van der Waals surface area contributed by atoms with Gasteiger partial charge in [0.1, 0.15) is 23.9 Å². The van der Waals surface area contributed by atoms with Crippen LogP contribution in [0.4, 0.5) is 5.13 Å². The second-order valence-corrected chi connectivity index (χ2v) is 12.0. The molecule has 0 spiro atoms. The second-order valence-electron chi connectivity index (χ2n) is 9.83. The molecule has 16 nitrogen and oxygen atoms in total. The van der Waals surface area contributed by atoms with Crippen LogP contribution in [0.5, 0.6) is 0 Å². The van der Waals surface area contributed by atoms with Crippen molar-refractivity contribution in [1.82, 2.24) is 45.2 Å². The first-order valence-electron chi connectivity index (χ1n) is 12.9. The van der Waals surface area contributed by atoms with Crippen LogP contribution in [0.25, 0.3) is 5.57 Å². The van der Waals surface area contributed by atoms with Crippen molar-refractivity contribution in [2.24, 2.45) is 5.16 Å². The fourth-order valence-electron chi connectivity index (χ4n) is 5.03. The van der Waals surface area contributed by atoms with Crippen molar-refractivity contribution in [1.29, 1.82) is 0 Å². The number of fused-ring (bicyclic) bond motifs is 1. The van der Waals surface area contributed by atoms with Crippen molar-refractivity contribution in [3.05, 3.63) is 22.6 Å². The van der Waals surface area contributed by atoms with Crippen molar-refractivity contribution >= 4 is 74.9 Å². The van der Waals surface area contributed by atoms with Gasteiger partial charge >= 0.3 is 5.97 Å². The summed E-state index contributed by atoms with van der Waals surface area (Å²) in [6, 6.07) is 0. The van der Waals surface area contributed by atoms with E-state index in [1.165, 1.54) is 24.3 Å². The zero-order chi connectivity index (χ0) is 30.0. The monoisotopic (exact) mass is 635 g/mol. The number of carboxylic acid groups (broad SMARTS) is 1. The van der Waals surface area contributed by atoms with E-state index >= 15 is 0 Å². The predicted octanol–water partition coefficient (Wildman–Crippen LogP) is -1.03. The molecule has 5 rings (SSSR count). The average Bonchev–Trinajstić information content (AvgIpc) is 3.63. The highest BCUT2D eigenvalue weighted by atomic mass is 32.2. The van der Waals surface area contributed by atoms with Crippen LogP contribution in [0.3, 0.4) is 0 Å². The van der Waals surface area contributed by atoms with Gasteiger partial charge in [-0.15, -0.1) is 28.2 Å². The molecule has 42 heavy (non-hydrogen) atoms. The SMILES string of the molecule is CON=C(C(=O)NC1(C=S)C(=O)N2C(C(=O)O)=C(c3nnnn3CCCN3CCN(C)CC3)CS[C@H]21)c1csc(N)n1. The number of amides is 2. The minimum absolute atomic E-state index is 0.157. The number of nitrogens with zero attached hydrogens (tertiary/aromatic N) is 9. The van der Waals surface area contributed by atoms with E-state index in [9.17, 15) is 19.5 Å². The van der Waals surface area contributed by atoms with E-state index in [0.717, 1.165) is 60.7 Å². The molecule has 2 saturated heterocycles. The van der Waals surface area contributed by atoms with Crippen LogP contribution in [0, 0.1) is 0 Å². The Balaban J connectivity index is 1.35. The number of carboxylic acids is 1. The number of nitrogens with one attached hydrogen (secondary N) is 1. The number of thiazole rings is 1. The number of nitrogens with two attached hydrogens (primary N) is 1. The molecule has 2 atom stereocenters. The summed E-state index contributed by atoms with van der Waals surface area (Å²) < 4.78 is 1.57. The molecule has 2 aromatic heterocycles. The van der Waals surface area contributed by atoms with Gasteiger partial charge in [0.05, 0.1) is 0 Å². The lowest BCUT2D eigenvalue weighted by molar-refractivity contribution is -0.153. The van der Waals surface area contributed by atoms with E-state index in [4.69, 9.17) is 22.8 Å². The zero-order valence-electron chi connectivity index (χ0n) is 22.8. The largest absolute Gasteiger partial charge is 0.477 e. The number of hydrogen-bond donors (Lipinski definition) is 3. The molecule has 0 saturated carbocycles. The Morgan fingerprint density at radius 3 is 2.74 bits per heavy atom. The second kappa shape index (κ2) is 12.4. The van der Waals surface area contributed by atoms with Crippen molar-refractivity contribution in [3.63, 3.8) is 0 Å². The summed E-state index contributed by atoms with van der Waals surface area (Å²) in [5.41, 5.74) is 4.03. The quantitative estimate of drug-likeness (QED) is 0.117. The third-order valence-corrected chi connectivity index (χ3v) is 9.62. The maximum atomic E-state index is 13.6. The molecule has 2 aromatic rings. The molecule has 0 aromatic carbocycles. The number of rotatable bonds is 11. The molecule has 2 amide bonds. The summed E-state index contributed by atoms with van der Waals surface area (Å²) >= 11 is 7.55. The van der Waals surface area contributed by atoms with E-state index in [1.54, 1.807) is 4.68 Å². The van der Waals surface area contributed by atoms with Gasteiger partial charge in [0, 0.05) is 61.3 Å². The van der Waals surface area contributed by atoms with Crippen LogP contribution in [-0.2, 0) is 25.8 Å². The number of nitrogen functional groups attached to an aromatic ring is 1. The van der Waals surface area contributed by atoms with Gasteiger partial charge < -0.3 is 30.8 Å². The Morgan fingerprint density at radius 2 is 2.10 bits per heavy atom. The molecular formula is C23H29N11O5S3. The number of oxime groups is 1. The number of aryl methyl sites for hydroxylation is 1. The number of likely N-dealkylation sites (N-methyl/N-ethyl adjacent to an activating group) is 1. The maximum absolute atomic E-state index is 13.6. The molecule has 4 N–H and O–H groups in total. The predicted molar refractivity (Wildman–Crippen MR) is 159 cm³/mol. The molecule has 2 fully saturated rings. The fourth-order valence-corrected chi connectivity index (χ4v) is 7.39. The van der Waals surface area contributed by atoms with E-state index < -0.39 is 28.7 Å². The first kappa shape index (κ1) is 30.0. The number of thiocarbonyl (C=S) groups is 1. The highest BCUT2D eigenvalue weighted by Gasteiger charge is 2.65. The Labute approximate surface area is 253 Å². The first-order chi connectivity index (χ1) is 20.2. The van der Waals surface area contributed by atoms with E-state index in [-0.39, 0.29) is 33.8 Å². The van der Waals surface area contributed by atoms with Gasteiger partial charge in [-0.05, 0) is 23.9 Å². The van der Waals surface area contributed by atoms with Crippen LogP contribution < -0.4 is 11.1 Å². The standard InChI is InChI=1S/C23H29N11O5S3/c1-31-6-8-32(9-7-31)4-3-5-33-17(27-29-30-33)13-10-41-21-23(12-40,20(38)34(21)16(13)19(36)37)26-18(35)15(28-39-2)14-11-42-22(24)25-14/h11-12,21H,3-10H2,1-2H3,(H2,24,25)(H,26,35)(H,36,37)/t21-,23?/m0/s1. The Hall–Kier alpha value is -3.52. The summed E-state index contributed by atoms with van der Waals surface area (Å²) in [6.45, 7) is 5.33. The molecule has 0 bridgehead atoms. The molecule has 5 heterocycles. The molecule has 3 aliphatic heterocycles. The average molecular weight is 636 g/mol. The van der Waals surface area contributed by atoms with Crippen LogP contribution in [0.2, 0.25) is 0 Å². The minimum Gasteiger partial charge on any atom is -0.477 e. The number of carbonyl (C=O) groups is 3. The number of thioether (sulfide) groups is 1. The normalized spacial score (nSPS) is 23.4. The summed E-state index contributed by atoms with van der Waals surface area (Å²) in [6.07, 6.45) is 0.770. The number of aromatic nitrogens is 5. The van der Waals surface area contributed by atoms with Crippen LogP contribution in [0.15, 0.2) is 16.2 Å². The number of β-lactam (4-membered cyclic amide) rings is 1. The molecule has 0 aliphatic carbocycles. The van der Waals surface area contributed by atoms with Gasteiger partial charge in [-0.2, -0.15) is 0 Å². The van der Waals surface area contributed by atoms with Gasteiger partial charge in [0.2, 0.25) is 0 Å². The molecule has 1 unspecified atom stereocenters. The highest BCUT2D eigenvalue weighted by molar-refractivity contribution is 8.00. The maximum Gasteiger partial charge on any atom is 0.353 e. The summed E-state index contributed by atoms with van der Waals surface area (Å²) in [7, 11) is 3.36. The van der Waals surface area contributed by atoms with Crippen LogP contribution >= 0.6 is 35.3 Å². The van der Waals surface area contributed by atoms with Gasteiger partial charge in [-0.1, -0.05) is 17.4 Å². The lowest BCUT2D eigenvalue weighted by atomic mass is 9.87. The van der Waals surface area contributed by atoms with Crippen molar-refractivity contribution in [3.8, 4) is 0 Å². The smallest absolute Gasteiger partial charge is 0.353 e. The number of hydrogen-bond acceptors (Lipinski definition) is 15. The summed E-state index contributed by atoms with van der Waals surface area (Å²) in [5.74, 6) is -2.37. The van der Waals surface area contributed by atoms with Crippen molar-refractivity contribution in [2.45, 2.75) is 23.9 Å². The zero-order valence-corrected chi connectivity index (χ0v) is 25.2. The number of anilines is 1. The lowest BCUT2D eigenvalue weighted by Crippen LogP contribution is -2.80. The Bertz CT molecular complexity index is 1450. The minimum atomic E-state index is -1.67. The van der Waals surface area contributed by atoms with Gasteiger partial charge in [-0.25, -0.2) is 14.5 Å². The summed E-state index contributed by atoms with van der Waals surface area (Å²) in [5, 5.41) is 30.6. The van der Waals surface area contributed by atoms with E-state index in [0.29, 0.717) is 12.1 Å². The third-order valence-electron chi connectivity index (χ3n) is 7.22. The third kappa shape index (κ3) is 5.49. The molecular weight excluding hydrogens is 607 g/mol. The fraction of sp³-hybridized carbons (Fsp3) is 0.522. The van der Waals surface area contributed by atoms with Crippen molar-refractivity contribution in [2.75, 3.05) is 58.4 Å². The van der Waals surface area contributed by atoms with Gasteiger partial charge in [0.15, 0.2) is 22.2 Å². The number of tetrazole rings is 1. The van der Waals surface area contributed by atoms with E-state index in [2.05, 4.69) is 47.8 Å². The number of carbonyl (C=O) groups excluding carboxylic acids is 2. The summed E-state index contributed by atoms with van der Waals surface area (Å²) in [4.78, 5) is 54.1. The number of aliphatic carboxylic acids is 1.